The van der Waals surface area contributed by atoms with Crippen LogP contribution in [0.3, 0.4) is 0 Å². The van der Waals surface area contributed by atoms with Gasteiger partial charge in [-0.05, 0) is 62.9 Å². The molecule has 10 heteroatoms. The molecule has 0 saturated carbocycles. The van der Waals surface area contributed by atoms with Gasteiger partial charge in [0.15, 0.2) is 0 Å². The van der Waals surface area contributed by atoms with Gasteiger partial charge in [-0.1, -0.05) is 6.92 Å². The molecule has 190 valence electrons. The second kappa shape index (κ2) is 10.8. The number of rotatable bonds is 8. The lowest BCUT2D eigenvalue weighted by atomic mass is 9.99. The Hall–Kier alpha value is -3.82. The predicted octanol–water partition coefficient (Wildman–Crippen LogP) is 3.01. The number of carbonyl (C=O) groups excluding carboxylic acids is 1. The number of carbonyl (C=O) groups is 1. The van der Waals surface area contributed by atoms with E-state index in [9.17, 15) is 14.0 Å². The highest BCUT2D eigenvalue weighted by Gasteiger charge is 2.32. The number of ether oxygens (including phenoxy) is 1. The Morgan fingerprint density at radius 3 is 2.58 bits per heavy atom. The summed E-state index contributed by atoms with van der Waals surface area (Å²) >= 11 is 0. The summed E-state index contributed by atoms with van der Waals surface area (Å²) in [5.74, 6) is 1.25. The lowest BCUT2D eigenvalue weighted by Gasteiger charge is -2.31. The van der Waals surface area contributed by atoms with Gasteiger partial charge >= 0.3 is 0 Å². The van der Waals surface area contributed by atoms with Gasteiger partial charge in [0.1, 0.15) is 30.1 Å². The van der Waals surface area contributed by atoms with Crippen molar-refractivity contribution in [1.29, 1.82) is 0 Å². The number of hydrogen-bond donors (Lipinski definition) is 1. The molecule has 1 aromatic carbocycles. The summed E-state index contributed by atoms with van der Waals surface area (Å²) in [6.07, 6.45) is 3.75. The number of piperidine rings is 1. The molecule has 1 amide bonds. The van der Waals surface area contributed by atoms with Crippen LogP contribution in [0.15, 0.2) is 53.6 Å². The molecular weight excluding hydrogens is 463 g/mol. The minimum absolute atomic E-state index is 0.202. The number of anilines is 1. The van der Waals surface area contributed by atoms with E-state index in [0.717, 1.165) is 42.3 Å². The van der Waals surface area contributed by atoms with E-state index in [1.807, 2.05) is 6.07 Å². The molecule has 1 N–H and O–H groups in total. The van der Waals surface area contributed by atoms with Crippen LogP contribution in [0.2, 0.25) is 0 Å². The Kier molecular flexibility index (Phi) is 7.61. The third kappa shape index (κ3) is 5.87. The summed E-state index contributed by atoms with van der Waals surface area (Å²) in [4.78, 5) is 36.2. The Bertz CT molecular complexity index is 1250. The maximum absolute atomic E-state index is 13.3. The fourth-order valence-electron chi connectivity index (χ4n) is 4.04. The molecule has 0 bridgehead atoms. The zero-order valence-corrected chi connectivity index (χ0v) is 20.8. The van der Waals surface area contributed by atoms with E-state index in [4.69, 9.17) is 4.74 Å². The molecule has 1 aliphatic heterocycles. The minimum Gasteiger partial charge on any atom is -0.476 e. The standard InChI is InChI=1S/C26H31FN6O3/c1-18-10-13-32(14-11-18)22-16-23(30-17-29-22)36-15-12-28-25(35)26(2,3)33-24(34)9-8-21(31-33)19-4-6-20(27)7-5-19/h4-9,16-18H,10-15H2,1-3H3,(H,28,35). The summed E-state index contributed by atoms with van der Waals surface area (Å²) in [5, 5.41) is 7.17. The first-order valence-electron chi connectivity index (χ1n) is 12.1. The smallest absolute Gasteiger partial charge is 0.267 e. The first-order valence-corrected chi connectivity index (χ1v) is 12.1. The molecule has 0 aliphatic carbocycles. The second-order valence-electron chi connectivity index (χ2n) is 9.52. The van der Waals surface area contributed by atoms with Crippen LogP contribution in [0.5, 0.6) is 5.88 Å². The summed E-state index contributed by atoms with van der Waals surface area (Å²) in [6.45, 7) is 7.82. The number of halogens is 1. The summed E-state index contributed by atoms with van der Waals surface area (Å²) in [5.41, 5.74) is -0.585. The monoisotopic (exact) mass is 494 g/mol. The summed E-state index contributed by atoms with van der Waals surface area (Å²) in [6, 6.07) is 10.5. The van der Waals surface area contributed by atoms with E-state index < -0.39 is 11.1 Å². The topological polar surface area (TPSA) is 102 Å². The number of nitrogens with one attached hydrogen (secondary N) is 1. The number of nitrogens with zero attached hydrogens (tertiary/aromatic N) is 5. The van der Waals surface area contributed by atoms with Crippen molar-refractivity contribution in [1.82, 2.24) is 25.1 Å². The highest BCUT2D eigenvalue weighted by Crippen LogP contribution is 2.23. The van der Waals surface area contributed by atoms with E-state index in [0.29, 0.717) is 17.1 Å². The molecule has 0 radical (unpaired) electrons. The van der Waals surface area contributed by atoms with Crippen molar-refractivity contribution in [2.45, 2.75) is 39.2 Å². The molecule has 1 saturated heterocycles. The van der Waals surface area contributed by atoms with Gasteiger partial charge in [0.05, 0.1) is 12.2 Å². The largest absolute Gasteiger partial charge is 0.476 e. The van der Waals surface area contributed by atoms with Crippen LogP contribution in [-0.2, 0) is 10.3 Å². The first kappa shape index (κ1) is 25.3. The van der Waals surface area contributed by atoms with Crippen molar-refractivity contribution in [2.24, 2.45) is 5.92 Å². The van der Waals surface area contributed by atoms with Gasteiger partial charge in [-0.15, -0.1) is 0 Å². The fourth-order valence-corrected chi connectivity index (χ4v) is 4.04. The van der Waals surface area contributed by atoms with Gasteiger partial charge in [-0.25, -0.2) is 19.0 Å². The van der Waals surface area contributed by atoms with Crippen LogP contribution in [0.4, 0.5) is 10.2 Å². The van der Waals surface area contributed by atoms with E-state index >= 15 is 0 Å². The van der Waals surface area contributed by atoms with Crippen molar-refractivity contribution in [3.05, 3.63) is 65.0 Å². The van der Waals surface area contributed by atoms with Gasteiger partial charge in [0.25, 0.3) is 5.56 Å². The molecular formula is C26H31FN6O3. The SMILES string of the molecule is CC1CCN(c2cc(OCCNC(=O)C(C)(C)n3nc(-c4ccc(F)cc4)ccc3=O)ncn2)CC1. The van der Waals surface area contributed by atoms with Crippen LogP contribution in [0.25, 0.3) is 11.3 Å². The highest BCUT2D eigenvalue weighted by molar-refractivity contribution is 5.83. The van der Waals surface area contributed by atoms with Gasteiger partial charge in [0.2, 0.25) is 11.8 Å². The predicted molar refractivity (Wildman–Crippen MR) is 134 cm³/mol. The van der Waals surface area contributed by atoms with Crippen LogP contribution >= 0.6 is 0 Å². The Labute approximate surface area is 209 Å². The second-order valence-corrected chi connectivity index (χ2v) is 9.52. The zero-order chi connectivity index (χ0) is 25.7. The van der Waals surface area contributed by atoms with E-state index in [1.54, 1.807) is 32.0 Å². The number of benzene rings is 1. The molecule has 9 nitrogen and oxygen atoms in total. The lowest BCUT2D eigenvalue weighted by molar-refractivity contribution is -0.129. The fraction of sp³-hybridized carbons (Fsp3) is 0.423. The van der Waals surface area contributed by atoms with Crippen LogP contribution in [0, 0.1) is 11.7 Å². The molecule has 0 atom stereocenters. The third-order valence-electron chi connectivity index (χ3n) is 6.40. The van der Waals surface area contributed by atoms with Crippen molar-refractivity contribution in [2.75, 3.05) is 31.1 Å². The summed E-state index contributed by atoms with van der Waals surface area (Å²) in [7, 11) is 0. The van der Waals surface area contributed by atoms with Gasteiger partial charge in [0, 0.05) is 30.8 Å². The van der Waals surface area contributed by atoms with Crippen LogP contribution in [-0.4, -0.2) is 51.9 Å². The molecule has 4 rings (SSSR count). The molecule has 3 heterocycles. The Balaban J connectivity index is 1.35. The van der Waals surface area contributed by atoms with Gasteiger partial charge < -0.3 is 15.0 Å². The third-order valence-corrected chi connectivity index (χ3v) is 6.40. The average molecular weight is 495 g/mol. The average Bonchev–Trinajstić information content (AvgIpc) is 2.88. The van der Waals surface area contributed by atoms with Crippen LogP contribution < -0.4 is 20.5 Å². The van der Waals surface area contributed by atoms with Crippen molar-refractivity contribution < 1.29 is 13.9 Å². The molecule has 3 aromatic rings. The van der Waals surface area contributed by atoms with Gasteiger partial charge in [-0.2, -0.15) is 5.10 Å². The number of amides is 1. The number of hydrogen-bond acceptors (Lipinski definition) is 7. The van der Waals surface area contributed by atoms with Crippen LogP contribution in [0.1, 0.15) is 33.6 Å². The Morgan fingerprint density at radius 2 is 1.86 bits per heavy atom. The highest BCUT2D eigenvalue weighted by atomic mass is 19.1. The molecule has 1 aliphatic rings. The van der Waals surface area contributed by atoms with E-state index in [-0.39, 0.29) is 24.9 Å². The minimum atomic E-state index is -1.26. The van der Waals surface area contributed by atoms with Gasteiger partial charge in [-0.3, -0.25) is 9.59 Å². The molecule has 2 aromatic heterocycles. The maximum Gasteiger partial charge on any atom is 0.267 e. The maximum atomic E-state index is 13.3. The van der Waals surface area contributed by atoms with Crippen molar-refractivity contribution in [3.63, 3.8) is 0 Å². The zero-order valence-electron chi connectivity index (χ0n) is 20.8. The van der Waals surface area contributed by atoms with E-state index in [2.05, 4.69) is 32.2 Å². The number of aromatic nitrogens is 4. The van der Waals surface area contributed by atoms with E-state index in [1.165, 1.54) is 24.5 Å². The van der Waals surface area contributed by atoms with Crippen molar-refractivity contribution >= 4 is 11.7 Å². The quantitative estimate of drug-likeness (QED) is 0.480. The molecule has 0 unspecified atom stereocenters. The normalized spacial score (nSPS) is 14.5. The Morgan fingerprint density at radius 1 is 1.14 bits per heavy atom. The molecule has 1 fully saturated rings. The summed E-state index contributed by atoms with van der Waals surface area (Å²) < 4.78 is 20.1. The first-order chi connectivity index (χ1) is 17.2. The van der Waals surface area contributed by atoms with Crippen molar-refractivity contribution in [3.8, 4) is 17.1 Å². The molecule has 0 spiro atoms. The molecule has 36 heavy (non-hydrogen) atoms. The lowest BCUT2D eigenvalue weighted by Crippen LogP contribution is -2.50.